The predicted octanol–water partition coefficient (Wildman–Crippen LogP) is 3.32. The minimum Gasteiger partial charge on any atom is -0.398 e. The average Bonchev–Trinajstić information content (AvgIpc) is 2.62. The van der Waals surface area contributed by atoms with Gasteiger partial charge in [0.05, 0.1) is 6.04 Å². The van der Waals surface area contributed by atoms with Gasteiger partial charge in [0, 0.05) is 10.7 Å². The van der Waals surface area contributed by atoms with Gasteiger partial charge in [-0.05, 0) is 43.4 Å². The lowest BCUT2D eigenvalue weighted by Gasteiger charge is -2.21. The highest BCUT2D eigenvalue weighted by Gasteiger charge is 2.18. The Kier molecular flexibility index (Phi) is 4.64. The Bertz CT molecular complexity index is 443. The first-order valence-corrected chi connectivity index (χ1v) is 6.80. The Balaban J connectivity index is 2.29. The Morgan fingerprint density at radius 2 is 2.06 bits per heavy atom. The molecule has 1 unspecified atom stereocenters. The molecule has 0 spiro atoms. The predicted molar refractivity (Wildman–Crippen MR) is 77.1 cm³/mol. The third-order valence-electron chi connectivity index (χ3n) is 3.47. The van der Waals surface area contributed by atoms with Crippen molar-refractivity contribution in [2.24, 2.45) is 5.84 Å². The second kappa shape index (κ2) is 6.23. The van der Waals surface area contributed by atoms with Crippen molar-refractivity contribution in [2.45, 2.75) is 38.1 Å². The van der Waals surface area contributed by atoms with Crippen molar-refractivity contribution in [3.05, 3.63) is 40.4 Å². The van der Waals surface area contributed by atoms with E-state index in [1.165, 1.54) is 24.8 Å². The molecule has 1 aliphatic carbocycles. The second-order valence-electron chi connectivity index (χ2n) is 4.75. The van der Waals surface area contributed by atoms with Crippen LogP contribution >= 0.6 is 11.6 Å². The molecule has 0 fully saturated rings. The number of benzene rings is 1. The molecule has 0 saturated heterocycles. The molecule has 98 valence electrons. The van der Waals surface area contributed by atoms with Crippen LogP contribution in [-0.2, 0) is 0 Å². The lowest BCUT2D eigenvalue weighted by Crippen LogP contribution is -2.30. The summed E-state index contributed by atoms with van der Waals surface area (Å²) in [5.41, 5.74) is 12.0. The van der Waals surface area contributed by atoms with Gasteiger partial charge in [-0.3, -0.25) is 5.84 Å². The molecule has 18 heavy (non-hydrogen) atoms. The molecule has 2 rings (SSSR count). The molecule has 0 radical (unpaired) electrons. The molecule has 3 nitrogen and oxygen atoms in total. The fourth-order valence-electron chi connectivity index (χ4n) is 2.51. The first kappa shape index (κ1) is 13.4. The minimum atomic E-state index is 0.000340. The summed E-state index contributed by atoms with van der Waals surface area (Å²) < 4.78 is 0. The van der Waals surface area contributed by atoms with Crippen LogP contribution in [0.15, 0.2) is 29.8 Å². The zero-order chi connectivity index (χ0) is 13.0. The van der Waals surface area contributed by atoms with E-state index < -0.39 is 0 Å². The zero-order valence-corrected chi connectivity index (χ0v) is 11.2. The quantitative estimate of drug-likeness (QED) is 0.340. The molecular formula is C14H20ClN3. The monoisotopic (exact) mass is 265 g/mol. The van der Waals surface area contributed by atoms with E-state index in [0.717, 1.165) is 18.4 Å². The van der Waals surface area contributed by atoms with Crippen molar-refractivity contribution in [1.82, 2.24) is 5.43 Å². The Labute approximate surface area is 113 Å². The second-order valence-corrected chi connectivity index (χ2v) is 5.19. The molecule has 0 saturated carbocycles. The molecule has 0 bridgehead atoms. The standard InChI is InChI=1S/C14H20ClN3/c15-11-7-8-12(13(16)9-11)14(18-17)10-5-3-1-2-4-6-10/h5,7-9,14,18H,1-4,6,16-17H2. The first-order valence-electron chi connectivity index (χ1n) is 6.42. The maximum atomic E-state index is 6.04. The minimum absolute atomic E-state index is 0.000340. The van der Waals surface area contributed by atoms with Gasteiger partial charge in [0.25, 0.3) is 0 Å². The summed E-state index contributed by atoms with van der Waals surface area (Å²) >= 11 is 5.93. The van der Waals surface area contributed by atoms with Crippen LogP contribution in [-0.4, -0.2) is 0 Å². The summed E-state index contributed by atoms with van der Waals surface area (Å²) in [4.78, 5) is 0. The van der Waals surface area contributed by atoms with Crippen LogP contribution in [0.2, 0.25) is 5.02 Å². The molecule has 0 aliphatic heterocycles. The Morgan fingerprint density at radius 1 is 1.22 bits per heavy atom. The van der Waals surface area contributed by atoms with Crippen molar-refractivity contribution in [3.63, 3.8) is 0 Å². The number of nitrogens with two attached hydrogens (primary N) is 2. The van der Waals surface area contributed by atoms with Crippen molar-refractivity contribution < 1.29 is 0 Å². The number of hydrogen-bond acceptors (Lipinski definition) is 3. The average molecular weight is 266 g/mol. The van der Waals surface area contributed by atoms with Crippen molar-refractivity contribution >= 4 is 17.3 Å². The number of allylic oxidation sites excluding steroid dienone is 1. The summed E-state index contributed by atoms with van der Waals surface area (Å²) in [6, 6.07) is 5.58. The molecule has 0 aromatic heterocycles. The lowest BCUT2D eigenvalue weighted by atomic mass is 9.94. The Morgan fingerprint density at radius 3 is 2.78 bits per heavy atom. The number of anilines is 1. The molecule has 4 heteroatoms. The molecule has 1 aliphatic rings. The lowest BCUT2D eigenvalue weighted by molar-refractivity contribution is 0.594. The molecular weight excluding hydrogens is 246 g/mol. The van der Waals surface area contributed by atoms with Gasteiger partial charge in [-0.2, -0.15) is 0 Å². The van der Waals surface area contributed by atoms with Gasteiger partial charge in [0.2, 0.25) is 0 Å². The first-order chi connectivity index (χ1) is 8.72. The number of hydrazine groups is 1. The number of rotatable bonds is 3. The van der Waals surface area contributed by atoms with E-state index in [0.29, 0.717) is 10.7 Å². The van der Waals surface area contributed by atoms with Crippen LogP contribution in [0.5, 0.6) is 0 Å². The maximum Gasteiger partial charge on any atom is 0.0690 e. The van der Waals surface area contributed by atoms with Gasteiger partial charge >= 0.3 is 0 Å². The van der Waals surface area contributed by atoms with E-state index in [1.807, 2.05) is 12.1 Å². The molecule has 1 atom stereocenters. The van der Waals surface area contributed by atoms with E-state index in [2.05, 4.69) is 11.5 Å². The molecule has 0 heterocycles. The number of hydrogen-bond donors (Lipinski definition) is 3. The molecule has 0 amide bonds. The van der Waals surface area contributed by atoms with E-state index >= 15 is 0 Å². The highest BCUT2D eigenvalue weighted by Crippen LogP contribution is 2.32. The number of nitrogen functional groups attached to an aromatic ring is 1. The van der Waals surface area contributed by atoms with Crippen LogP contribution < -0.4 is 17.0 Å². The van der Waals surface area contributed by atoms with Crippen molar-refractivity contribution in [2.75, 3.05) is 5.73 Å². The van der Waals surface area contributed by atoms with Crippen LogP contribution in [0.1, 0.15) is 43.7 Å². The van der Waals surface area contributed by atoms with Gasteiger partial charge < -0.3 is 5.73 Å². The summed E-state index contributed by atoms with van der Waals surface area (Å²) in [6.45, 7) is 0. The van der Waals surface area contributed by atoms with Crippen molar-refractivity contribution in [3.8, 4) is 0 Å². The molecule has 5 N–H and O–H groups in total. The summed E-state index contributed by atoms with van der Waals surface area (Å²) in [5, 5.41) is 0.655. The van der Waals surface area contributed by atoms with Crippen LogP contribution in [0.3, 0.4) is 0 Å². The highest BCUT2D eigenvalue weighted by atomic mass is 35.5. The van der Waals surface area contributed by atoms with E-state index in [-0.39, 0.29) is 6.04 Å². The third-order valence-corrected chi connectivity index (χ3v) is 3.71. The largest absolute Gasteiger partial charge is 0.398 e. The zero-order valence-electron chi connectivity index (χ0n) is 10.5. The molecule has 1 aromatic carbocycles. The highest BCUT2D eigenvalue weighted by molar-refractivity contribution is 6.30. The third kappa shape index (κ3) is 3.05. The van der Waals surface area contributed by atoms with Crippen LogP contribution in [0.25, 0.3) is 0 Å². The van der Waals surface area contributed by atoms with Gasteiger partial charge in [-0.1, -0.05) is 35.7 Å². The van der Waals surface area contributed by atoms with Gasteiger partial charge in [-0.25, -0.2) is 5.43 Å². The van der Waals surface area contributed by atoms with E-state index in [9.17, 15) is 0 Å². The van der Waals surface area contributed by atoms with E-state index in [1.54, 1.807) is 6.07 Å². The smallest absolute Gasteiger partial charge is 0.0690 e. The van der Waals surface area contributed by atoms with Gasteiger partial charge in [0.15, 0.2) is 0 Å². The number of halogens is 1. The van der Waals surface area contributed by atoms with E-state index in [4.69, 9.17) is 23.2 Å². The topological polar surface area (TPSA) is 64.1 Å². The summed E-state index contributed by atoms with van der Waals surface area (Å²) in [6.07, 6.45) is 8.27. The van der Waals surface area contributed by atoms with Gasteiger partial charge in [-0.15, -0.1) is 0 Å². The number of nitrogens with one attached hydrogen (secondary N) is 1. The normalized spacial score (nSPS) is 18.0. The van der Waals surface area contributed by atoms with Crippen molar-refractivity contribution in [1.29, 1.82) is 0 Å². The fraction of sp³-hybridized carbons (Fsp3) is 0.429. The Hall–Kier alpha value is -1.03. The van der Waals surface area contributed by atoms with Crippen LogP contribution in [0.4, 0.5) is 5.69 Å². The molecule has 1 aromatic rings. The van der Waals surface area contributed by atoms with Gasteiger partial charge in [0.1, 0.15) is 0 Å². The fourth-order valence-corrected chi connectivity index (χ4v) is 2.69. The summed E-state index contributed by atoms with van der Waals surface area (Å²) in [7, 11) is 0. The SMILES string of the molecule is NNC(C1=CCCCCC1)c1ccc(Cl)cc1N. The summed E-state index contributed by atoms with van der Waals surface area (Å²) in [5.74, 6) is 5.71. The van der Waals surface area contributed by atoms with Crippen LogP contribution in [0, 0.1) is 0 Å². The maximum absolute atomic E-state index is 6.04.